The van der Waals surface area contributed by atoms with Crippen LogP contribution >= 0.6 is 0 Å². The Labute approximate surface area is 96.4 Å². The molecule has 1 aliphatic rings. The summed E-state index contributed by atoms with van der Waals surface area (Å²) in [6, 6.07) is 10.6. The average molecular weight is 218 g/mol. The van der Waals surface area contributed by atoms with Crippen LogP contribution in [0.1, 0.15) is 18.4 Å². The highest BCUT2D eigenvalue weighted by Crippen LogP contribution is 2.17. The van der Waals surface area contributed by atoms with Crippen LogP contribution in [0.2, 0.25) is 0 Å². The van der Waals surface area contributed by atoms with E-state index in [1.165, 1.54) is 5.56 Å². The van der Waals surface area contributed by atoms with Crippen molar-refractivity contribution in [3.05, 3.63) is 35.9 Å². The number of hydrogen-bond donors (Lipinski definition) is 1. The van der Waals surface area contributed by atoms with Crippen LogP contribution < -0.4 is 0 Å². The molecule has 1 heterocycles. The largest absolute Gasteiger partial charge is 0.411 e. The van der Waals surface area contributed by atoms with Crippen LogP contribution in [0.25, 0.3) is 0 Å². The number of rotatable bonds is 3. The Bertz CT molecular complexity index is 329. The van der Waals surface area contributed by atoms with Gasteiger partial charge in [-0.1, -0.05) is 30.3 Å². The second kappa shape index (κ2) is 5.66. The molecule has 2 rings (SSSR count). The lowest BCUT2D eigenvalue weighted by molar-refractivity contribution is 0.201. The van der Waals surface area contributed by atoms with Gasteiger partial charge in [-0.2, -0.15) is 0 Å². The van der Waals surface area contributed by atoms with E-state index in [0.717, 1.165) is 32.5 Å². The Kier molecular flexibility index (Phi) is 3.94. The highest BCUT2D eigenvalue weighted by atomic mass is 16.4. The number of nitrogens with zero attached hydrogens (tertiary/aromatic N) is 2. The molecule has 86 valence electrons. The molecule has 1 aliphatic heterocycles. The van der Waals surface area contributed by atoms with Gasteiger partial charge in [0.05, 0.1) is 0 Å². The van der Waals surface area contributed by atoms with Crippen molar-refractivity contribution >= 4 is 6.21 Å². The first-order valence-corrected chi connectivity index (χ1v) is 5.82. The van der Waals surface area contributed by atoms with Crippen LogP contribution in [0, 0.1) is 5.92 Å². The fourth-order valence-corrected chi connectivity index (χ4v) is 2.20. The van der Waals surface area contributed by atoms with Crippen molar-refractivity contribution in [3.8, 4) is 0 Å². The van der Waals surface area contributed by atoms with Crippen molar-refractivity contribution in [3.63, 3.8) is 0 Å². The first-order chi connectivity index (χ1) is 7.88. The van der Waals surface area contributed by atoms with Crippen LogP contribution in [-0.4, -0.2) is 29.4 Å². The summed E-state index contributed by atoms with van der Waals surface area (Å²) < 4.78 is 0. The van der Waals surface area contributed by atoms with E-state index >= 15 is 0 Å². The van der Waals surface area contributed by atoms with Gasteiger partial charge in [0.25, 0.3) is 0 Å². The van der Waals surface area contributed by atoms with Gasteiger partial charge in [0, 0.05) is 12.8 Å². The second-order valence-electron chi connectivity index (χ2n) is 4.36. The molecule has 16 heavy (non-hydrogen) atoms. The molecule has 0 unspecified atom stereocenters. The quantitative estimate of drug-likeness (QED) is 0.480. The van der Waals surface area contributed by atoms with Gasteiger partial charge >= 0.3 is 0 Å². The monoisotopic (exact) mass is 218 g/mol. The van der Waals surface area contributed by atoms with Gasteiger partial charge in [-0.15, -0.1) is 5.16 Å². The first kappa shape index (κ1) is 11.1. The number of likely N-dealkylation sites (tertiary alicyclic amines) is 1. The molecule has 0 amide bonds. The summed E-state index contributed by atoms with van der Waals surface area (Å²) in [4.78, 5) is 2.46. The first-order valence-electron chi connectivity index (χ1n) is 5.82. The van der Waals surface area contributed by atoms with Gasteiger partial charge in [-0.05, 0) is 37.4 Å². The van der Waals surface area contributed by atoms with Crippen molar-refractivity contribution < 1.29 is 5.21 Å². The minimum Gasteiger partial charge on any atom is -0.411 e. The van der Waals surface area contributed by atoms with Gasteiger partial charge < -0.3 is 5.21 Å². The summed E-state index contributed by atoms with van der Waals surface area (Å²) in [6.07, 6.45) is 3.85. The van der Waals surface area contributed by atoms with E-state index < -0.39 is 0 Å². The molecule has 0 radical (unpaired) electrons. The molecule has 0 aromatic heterocycles. The molecule has 1 fully saturated rings. The number of hydrogen-bond acceptors (Lipinski definition) is 3. The maximum Gasteiger partial charge on any atom is 0.0467 e. The average Bonchev–Trinajstić information content (AvgIpc) is 2.33. The minimum absolute atomic E-state index is 0.456. The molecule has 3 heteroatoms. The van der Waals surface area contributed by atoms with Crippen molar-refractivity contribution in [2.24, 2.45) is 11.1 Å². The lowest BCUT2D eigenvalue weighted by Gasteiger charge is -2.30. The zero-order valence-corrected chi connectivity index (χ0v) is 9.42. The fourth-order valence-electron chi connectivity index (χ4n) is 2.20. The molecular formula is C13H18N2O. The van der Waals surface area contributed by atoms with E-state index in [-0.39, 0.29) is 0 Å². The normalized spacial score (nSPS) is 19.2. The number of oxime groups is 1. The molecule has 0 bridgehead atoms. The molecule has 0 saturated carbocycles. The Morgan fingerprint density at radius 2 is 1.94 bits per heavy atom. The van der Waals surface area contributed by atoms with Gasteiger partial charge in [0.1, 0.15) is 0 Å². The lowest BCUT2D eigenvalue weighted by atomic mass is 9.98. The van der Waals surface area contributed by atoms with Gasteiger partial charge in [0.15, 0.2) is 0 Å². The summed E-state index contributed by atoms with van der Waals surface area (Å²) in [7, 11) is 0. The molecule has 0 spiro atoms. The molecule has 0 aliphatic carbocycles. The third-order valence-corrected chi connectivity index (χ3v) is 3.16. The van der Waals surface area contributed by atoms with Gasteiger partial charge in [-0.25, -0.2) is 0 Å². The molecule has 1 N–H and O–H groups in total. The minimum atomic E-state index is 0.456. The summed E-state index contributed by atoms with van der Waals surface area (Å²) in [5.74, 6) is 0.456. The zero-order valence-electron chi connectivity index (χ0n) is 9.42. The van der Waals surface area contributed by atoms with E-state index in [2.05, 4.69) is 34.3 Å². The lowest BCUT2D eigenvalue weighted by Crippen LogP contribution is -2.33. The molecule has 3 nitrogen and oxygen atoms in total. The third kappa shape index (κ3) is 3.07. The Hall–Kier alpha value is -1.35. The number of piperidine rings is 1. The van der Waals surface area contributed by atoms with E-state index in [4.69, 9.17) is 5.21 Å². The van der Waals surface area contributed by atoms with Crippen LogP contribution in [0.3, 0.4) is 0 Å². The Morgan fingerprint density at radius 1 is 1.25 bits per heavy atom. The van der Waals surface area contributed by atoms with Gasteiger partial charge in [0.2, 0.25) is 0 Å². The van der Waals surface area contributed by atoms with Crippen LogP contribution in [0.15, 0.2) is 35.5 Å². The molecule has 1 saturated heterocycles. The van der Waals surface area contributed by atoms with E-state index in [0.29, 0.717) is 5.92 Å². The smallest absolute Gasteiger partial charge is 0.0467 e. The SMILES string of the molecule is ON=CC1CCN(Cc2ccccc2)CC1. The molecule has 1 aromatic carbocycles. The molecule has 0 atom stereocenters. The standard InChI is InChI=1S/C13H18N2O/c16-14-10-12-6-8-15(9-7-12)11-13-4-2-1-3-5-13/h1-5,10,12,16H,6-9,11H2. The van der Waals surface area contributed by atoms with Crippen molar-refractivity contribution in [1.82, 2.24) is 4.90 Å². The zero-order chi connectivity index (χ0) is 11.2. The maximum atomic E-state index is 8.48. The topological polar surface area (TPSA) is 35.8 Å². The second-order valence-corrected chi connectivity index (χ2v) is 4.36. The van der Waals surface area contributed by atoms with Crippen LogP contribution in [-0.2, 0) is 6.54 Å². The maximum absolute atomic E-state index is 8.48. The molecule has 1 aromatic rings. The van der Waals surface area contributed by atoms with E-state index in [9.17, 15) is 0 Å². The number of benzene rings is 1. The Balaban J connectivity index is 1.81. The predicted octanol–water partition coefficient (Wildman–Crippen LogP) is 2.36. The highest BCUT2D eigenvalue weighted by molar-refractivity contribution is 5.59. The van der Waals surface area contributed by atoms with Crippen molar-refractivity contribution in [1.29, 1.82) is 0 Å². The predicted molar refractivity (Wildman–Crippen MR) is 64.7 cm³/mol. The van der Waals surface area contributed by atoms with Crippen LogP contribution in [0.4, 0.5) is 0 Å². The molecular weight excluding hydrogens is 200 g/mol. The third-order valence-electron chi connectivity index (χ3n) is 3.16. The summed E-state index contributed by atoms with van der Waals surface area (Å²) in [6.45, 7) is 3.21. The van der Waals surface area contributed by atoms with Crippen molar-refractivity contribution in [2.45, 2.75) is 19.4 Å². The van der Waals surface area contributed by atoms with Gasteiger partial charge in [-0.3, -0.25) is 4.90 Å². The Morgan fingerprint density at radius 3 is 2.56 bits per heavy atom. The highest BCUT2D eigenvalue weighted by Gasteiger charge is 2.17. The van der Waals surface area contributed by atoms with Crippen LogP contribution in [0.5, 0.6) is 0 Å². The summed E-state index contributed by atoms with van der Waals surface area (Å²) in [5.41, 5.74) is 1.37. The van der Waals surface area contributed by atoms with Crippen molar-refractivity contribution in [2.75, 3.05) is 13.1 Å². The van der Waals surface area contributed by atoms with E-state index in [1.54, 1.807) is 6.21 Å². The summed E-state index contributed by atoms with van der Waals surface area (Å²) in [5, 5.41) is 11.6. The summed E-state index contributed by atoms with van der Waals surface area (Å²) >= 11 is 0. The van der Waals surface area contributed by atoms with E-state index in [1.807, 2.05) is 6.07 Å². The fraction of sp³-hybridized carbons (Fsp3) is 0.462.